The van der Waals surface area contributed by atoms with Crippen molar-refractivity contribution >= 4 is 23.6 Å². The molecule has 0 aromatic rings. The van der Waals surface area contributed by atoms with Crippen LogP contribution < -0.4 is 5.32 Å². The lowest BCUT2D eigenvalue weighted by Gasteiger charge is -2.41. The number of hydrogen-bond donors (Lipinski definition) is 1. The van der Waals surface area contributed by atoms with Crippen LogP contribution >= 0.6 is 11.8 Å². The Morgan fingerprint density at radius 2 is 2.11 bits per heavy atom. The highest BCUT2D eigenvalue weighted by atomic mass is 32.2. The van der Waals surface area contributed by atoms with Crippen LogP contribution in [-0.4, -0.2) is 46.3 Å². The zero-order chi connectivity index (χ0) is 14.0. The molecule has 0 spiro atoms. The van der Waals surface area contributed by atoms with E-state index in [1.54, 1.807) is 0 Å². The molecule has 2 fully saturated rings. The normalized spacial score (nSPS) is 29.3. The molecule has 2 rings (SSSR count). The summed E-state index contributed by atoms with van der Waals surface area (Å²) in [6.45, 7) is 6.04. The van der Waals surface area contributed by atoms with E-state index in [1.165, 1.54) is 0 Å². The van der Waals surface area contributed by atoms with Crippen molar-refractivity contribution in [1.29, 1.82) is 0 Å². The molecule has 3 unspecified atom stereocenters. The van der Waals surface area contributed by atoms with Gasteiger partial charge in [-0.05, 0) is 50.5 Å². The number of hydrogen-bond acceptors (Lipinski definition) is 3. The topological polar surface area (TPSA) is 49.4 Å². The molecule has 0 aromatic carbocycles. The van der Waals surface area contributed by atoms with Crippen LogP contribution in [0.3, 0.4) is 0 Å². The van der Waals surface area contributed by atoms with Gasteiger partial charge in [-0.3, -0.25) is 9.59 Å². The average Bonchev–Trinajstić information content (AvgIpc) is 3.18. The molecular weight excluding hydrogens is 260 g/mol. The van der Waals surface area contributed by atoms with Crippen LogP contribution in [0.25, 0.3) is 0 Å². The fraction of sp³-hybridized carbons (Fsp3) is 0.857. The summed E-state index contributed by atoms with van der Waals surface area (Å²) in [6.07, 6.45) is 3.09. The number of rotatable bonds is 6. The van der Waals surface area contributed by atoms with Gasteiger partial charge in [-0.25, -0.2) is 0 Å². The summed E-state index contributed by atoms with van der Waals surface area (Å²) >= 11 is 1.88. The maximum Gasteiger partial charge on any atom is 0.246 e. The molecule has 3 atom stereocenters. The molecule has 1 aliphatic carbocycles. The highest BCUT2D eigenvalue weighted by molar-refractivity contribution is 7.99. The van der Waals surface area contributed by atoms with Gasteiger partial charge in [-0.15, -0.1) is 0 Å². The van der Waals surface area contributed by atoms with Gasteiger partial charge >= 0.3 is 0 Å². The number of nitrogens with zero attached hydrogens (tertiary/aromatic N) is 1. The molecule has 0 bridgehead atoms. The molecule has 1 aliphatic heterocycles. The number of carbonyl (C=O) groups excluding carboxylic acids is 2. The fourth-order valence-electron chi connectivity index (χ4n) is 2.70. The van der Waals surface area contributed by atoms with Crippen LogP contribution in [0.1, 0.15) is 40.0 Å². The van der Waals surface area contributed by atoms with Crippen molar-refractivity contribution in [3.63, 3.8) is 0 Å². The Morgan fingerprint density at radius 1 is 1.42 bits per heavy atom. The van der Waals surface area contributed by atoms with Gasteiger partial charge in [0.1, 0.15) is 12.1 Å². The summed E-state index contributed by atoms with van der Waals surface area (Å²) in [5.74, 6) is 2.66. The van der Waals surface area contributed by atoms with Crippen LogP contribution in [0.2, 0.25) is 0 Å². The molecule has 4 nitrogen and oxygen atoms in total. The minimum absolute atomic E-state index is 0.00601. The molecule has 19 heavy (non-hydrogen) atoms. The second-order valence-electron chi connectivity index (χ2n) is 5.58. The maximum atomic E-state index is 12.5. The molecule has 0 aromatic heterocycles. The number of thioether (sulfide) groups is 1. The second-order valence-corrected chi connectivity index (χ2v) is 6.97. The van der Waals surface area contributed by atoms with E-state index in [0.717, 1.165) is 30.8 Å². The zero-order valence-corrected chi connectivity index (χ0v) is 12.8. The van der Waals surface area contributed by atoms with E-state index in [4.69, 9.17) is 0 Å². The molecule has 2 aliphatic rings. The summed E-state index contributed by atoms with van der Waals surface area (Å²) in [7, 11) is 0. The van der Waals surface area contributed by atoms with E-state index in [-0.39, 0.29) is 29.9 Å². The van der Waals surface area contributed by atoms with Crippen LogP contribution in [0.15, 0.2) is 0 Å². The predicted molar refractivity (Wildman–Crippen MR) is 78.0 cm³/mol. The highest BCUT2D eigenvalue weighted by Gasteiger charge is 2.46. The summed E-state index contributed by atoms with van der Waals surface area (Å²) in [5.41, 5.74) is 0. The second kappa shape index (κ2) is 6.16. The Hall–Kier alpha value is -0.710. The Bertz CT molecular complexity index is 357. The van der Waals surface area contributed by atoms with Gasteiger partial charge in [-0.2, -0.15) is 11.8 Å². The lowest BCUT2D eigenvalue weighted by molar-refractivity contribution is -0.151. The summed E-state index contributed by atoms with van der Waals surface area (Å²) in [5, 5.41) is 2.89. The summed E-state index contributed by atoms with van der Waals surface area (Å²) in [6, 6.07) is -0.442. The first-order valence-electron chi connectivity index (χ1n) is 7.26. The average molecular weight is 284 g/mol. The van der Waals surface area contributed by atoms with Crippen LogP contribution in [0.5, 0.6) is 0 Å². The number of piperazine rings is 1. The van der Waals surface area contributed by atoms with Crippen molar-refractivity contribution in [3.8, 4) is 0 Å². The Balaban J connectivity index is 2.01. The third-order valence-corrected chi connectivity index (χ3v) is 5.00. The molecule has 5 heteroatoms. The van der Waals surface area contributed by atoms with Crippen LogP contribution in [0.4, 0.5) is 0 Å². The molecule has 0 radical (unpaired) electrons. The quantitative estimate of drug-likeness (QED) is 0.754. The number of nitrogens with one attached hydrogen (secondary N) is 1. The van der Waals surface area contributed by atoms with E-state index in [1.807, 2.05) is 23.6 Å². The lowest BCUT2D eigenvalue weighted by Crippen LogP contribution is -2.65. The van der Waals surface area contributed by atoms with Crippen molar-refractivity contribution in [1.82, 2.24) is 10.2 Å². The Kier molecular flexibility index (Phi) is 4.76. The maximum absolute atomic E-state index is 12.5. The van der Waals surface area contributed by atoms with E-state index in [2.05, 4.69) is 19.2 Å². The first-order valence-corrected chi connectivity index (χ1v) is 8.42. The van der Waals surface area contributed by atoms with Crippen LogP contribution in [-0.2, 0) is 9.59 Å². The minimum Gasteiger partial charge on any atom is -0.342 e. The van der Waals surface area contributed by atoms with E-state index < -0.39 is 0 Å². The van der Waals surface area contributed by atoms with Crippen molar-refractivity contribution in [2.24, 2.45) is 5.92 Å². The van der Waals surface area contributed by atoms with Gasteiger partial charge in [0.2, 0.25) is 11.8 Å². The van der Waals surface area contributed by atoms with Gasteiger partial charge in [-0.1, -0.05) is 6.92 Å². The van der Waals surface area contributed by atoms with Crippen molar-refractivity contribution in [2.75, 3.05) is 11.5 Å². The number of carbonyl (C=O) groups is 2. The van der Waals surface area contributed by atoms with Crippen molar-refractivity contribution < 1.29 is 9.59 Å². The van der Waals surface area contributed by atoms with Crippen molar-refractivity contribution in [3.05, 3.63) is 0 Å². The SMILES string of the molecule is CCSCCC(C)N1C(=O)C(C2CC2)NC(=O)C1C. The first kappa shape index (κ1) is 14.7. The molecule has 1 heterocycles. The fourth-order valence-corrected chi connectivity index (χ4v) is 3.50. The highest BCUT2D eigenvalue weighted by Crippen LogP contribution is 2.35. The van der Waals surface area contributed by atoms with Gasteiger partial charge in [0.25, 0.3) is 0 Å². The summed E-state index contributed by atoms with van der Waals surface area (Å²) < 4.78 is 0. The van der Waals surface area contributed by atoms with E-state index in [9.17, 15) is 9.59 Å². The van der Waals surface area contributed by atoms with Crippen molar-refractivity contribution in [2.45, 2.75) is 58.2 Å². The molecule has 1 N–H and O–H groups in total. The number of amides is 2. The van der Waals surface area contributed by atoms with Gasteiger partial charge in [0.15, 0.2) is 0 Å². The minimum atomic E-state index is -0.330. The third kappa shape index (κ3) is 3.25. The van der Waals surface area contributed by atoms with Crippen LogP contribution in [0, 0.1) is 5.92 Å². The molecule has 1 saturated carbocycles. The lowest BCUT2D eigenvalue weighted by atomic mass is 10.0. The summed E-state index contributed by atoms with van der Waals surface area (Å²) in [4.78, 5) is 26.4. The zero-order valence-electron chi connectivity index (χ0n) is 12.0. The van der Waals surface area contributed by atoms with E-state index in [0.29, 0.717) is 5.92 Å². The molecular formula is C14H24N2O2S. The van der Waals surface area contributed by atoms with Gasteiger partial charge < -0.3 is 10.2 Å². The Labute approximate surface area is 119 Å². The molecule has 1 saturated heterocycles. The molecule has 2 amide bonds. The third-order valence-electron chi connectivity index (χ3n) is 4.07. The largest absolute Gasteiger partial charge is 0.342 e. The smallest absolute Gasteiger partial charge is 0.246 e. The van der Waals surface area contributed by atoms with Gasteiger partial charge in [0, 0.05) is 6.04 Å². The van der Waals surface area contributed by atoms with E-state index >= 15 is 0 Å². The Morgan fingerprint density at radius 3 is 2.68 bits per heavy atom. The predicted octanol–water partition coefficient (Wildman–Crippen LogP) is 1.64. The van der Waals surface area contributed by atoms with Gasteiger partial charge in [0.05, 0.1) is 0 Å². The first-order chi connectivity index (χ1) is 9.06. The standard InChI is InChI=1S/C14H24N2O2S/c1-4-19-8-7-9(2)16-10(3)13(17)15-12(14(16)18)11-5-6-11/h9-12H,4-8H2,1-3H3,(H,15,17). The molecule has 108 valence electrons. The monoisotopic (exact) mass is 284 g/mol.